The van der Waals surface area contributed by atoms with Crippen LogP contribution in [0, 0.1) is 6.92 Å². The van der Waals surface area contributed by atoms with Crippen molar-refractivity contribution in [1.29, 1.82) is 0 Å². The third-order valence-corrected chi connectivity index (χ3v) is 4.21. The van der Waals surface area contributed by atoms with Crippen molar-refractivity contribution in [3.8, 4) is 17.2 Å². The van der Waals surface area contributed by atoms with Crippen LogP contribution in [-0.2, 0) is 9.59 Å². The van der Waals surface area contributed by atoms with Gasteiger partial charge in [-0.1, -0.05) is 6.07 Å². The molecule has 1 atom stereocenters. The molecule has 0 unspecified atom stereocenters. The molecule has 2 aromatic rings. The highest BCUT2D eigenvalue weighted by atomic mass is 16.5. The molecule has 2 rings (SSSR count). The number of hydrogen-bond donors (Lipinski definition) is 4. The summed E-state index contributed by atoms with van der Waals surface area (Å²) in [5.41, 5.74) is -0.119. The largest absolute Gasteiger partial charge is 0.504 e. The summed E-state index contributed by atoms with van der Waals surface area (Å²) < 4.78 is 10.7. The maximum absolute atomic E-state index is 12.4. The zero-order chi connectivity index (χ0) is 21.6. The lowest BCUT2D eigenvalue weighted by Crippen LogP contribution is -2.34. The first-order valence-corrected chi connectivity index (χ1v) is 8.94. The van der Waals surface area contributed by atoms with Gasteiger partial charge in [0, 0.05) is 32.5 Å². The van der Waals surface area contributed by atoms with Crippen molar-refractivity contribution in [3.63, 3.8) is 0 Å². The van der Waals surface area contributed by atoms with E-state index in [9.17, 15) is 24.6 Å². The van der Waals surface area contributed by atoms with Gasteiger partial charge in [-0.05, 0) is 24.6 Å². The standard InChI is InChI=1S/C20H24N2O7/c1-11-8-16(25)19(27)20(29-11)14(10-18(26)22-7-6-21-12(2)23)13-4-5-15(24)17(9-13)28-3/h4-5,8-9,14,24,27H,6-7,10H2,1-3H3,(H,21,23)(H,22,26)/t14-/m1/s1. The van der Waals surface area contributed by atoms with Crippen LogP contribution in [0.4, 0.5) is 0 Å². The average Bonchev–Trinajstić information content (AvgIpc) is 2.66. The van der Waals surface area contributed by atoms with Crippen LogP contribution in [0.15, 0.2) is 33.5 Å². The summed E-state index contributed by atoms with van der Waals surface area (Å²) in [6.45, 7) is 3.42. The Morgan fingerprint density at radius 3 is 2.52 bits per heavy atom. The maximum atomic E-state index is 12.4. The Balaban J connectivity index is 2.35. The topological polar surface area (TPSA) is 138 Å². The summed E-state index contributed by atoms with van der Waals surface area (Å²) in [5.74, 6) is -1.67. The summed E-state index contributed by atoms with van der Waals surface area (Å²) in [5, 5.41) is 25.3. The van der Waals surface area contributed by atoms with Crippen LogP contribution in [0.2, 0.25) is 0 Å². The van der Waals surface area contributed by atoms with Crippen molar-refractivity contribution in [1.82, 2.24) is 10.6 Å². The molecular weight excluding hydrogens is 380 g/mol. The molecule has 0 aliphatic carbocycles. The number of carbonyl (C=O) groups excluding carboxylic acids is 2. The Hall–Kier alpha value is -3.49. The van der Waals surface area contributed by atoms with E-state index in [4.69, 9.17) is 9.15 Å². The van der Waals surface area contributed by atoms with Crippen molar-refractivity contribution in [2.45, 2.75) is 26.2 Å². The number of nitrogens with one attached hydrogen (secondary N) is 2. The minimum absolute atomic E-state index is 0.0558. The van der Waals surface area contributed by atoms with Crippen LogP contribution in [0.1, 0.15) is 36.3 Å². The highest BCUT2D eigenvalue weighted by molar-refractivity contribution is 5.78. The molecule has 1 aromatic heterocycles. The Bertz CT molecular complexity index is 952. The molecule has 4 N–H and O–H groups in total. The molecule has 156 valence electrons. The number of ether oxygens (including phenoxy) is 1. The predicted octanol–water partition coefficient (Wildman–Crippen LogP) is 1.14. The number of benzene rings is 1. The predicted molar refractivity (Wildman–Crippen MR) is 104 cm³/mol. The van der Waals surface area contributed by atoms with Crippen molar-refractivity contribution in [2.24, 2.45) is 0 Å². The molecule has 1 heterocycles. The Morgan fingerprint density at radius 1 is 1.17 bits per heavy atom. The van der Waals surface area contributed by atoms with E-state index in [-0.39, 0.29) is 54.3 Å². The fraction of sp³-hybridized carbons (Fsp3) is 0.350. The normalized spacial score (nSPS) is 11.6. The maximum Gasteiger partial charge on any atom is 0.227 e. The van der Waals surface area contributed by atoms with Crippen LogP contribution >= 0.6 is 0 Å². The monoisotopic (exact) mass is 404 g/mol. The summed E-state index contributed by atoms with van der Waals surface area (Å²) in [6, 6.07) is 5.60. The minimum atomic E-state index is -0.808. The van der Waals surface area contributed by atoms with Crippen LogP contribution in [0.25, 0.3) is 0 Å². The second-order valence-electron chi connectivity index (χ2n) is 6.46. The fourth-order valence-electron chi connectivity index (χ4n) is 2.83. The smallest absolute Gasteiger partial charge is 0.227 e. The van der Waals surface area contributed by atoms with Gasteiger partial charge in [-0.3, -0.25) is 14.4 Å². The van der Waals surface area contributed by atoms with Gasteiger partial charge in [0.25, 0.3) is 0 Å². The molecule has 9 heteroatoms. The zero-order valence-electron chi connectivity index (χ0n) is 16.4. The van der Waals surface area contributed by atoms with Gasteiger partial charge in [0.1, 0.15) is 5.76 Å². The van der Waals surface area contributed by atoms with E-state index in [0.717, 1.165) is 6.07 Å². The number of amides is 2. The van der Waals surface area contributed by atoms with E-state index in [0.29, 0.717) is 5.56 Å². The number of phenols is 1. The van der Waals surface area contributed by atoms with E-state index in [2.05, 4.69) is 10.6 Å². The lowest BCUT2D eigenvalue weighted by molar-refractivity contribution is -0.122. The number of carbonyl (C=O) groups is 2. The molecule has 0 saturated carbocycles. The van der Waals surface area contributed by atoms with Crippen molar-refractivity contribution >= 4 is 11.8 Å². The van der Waals surface area contributed by atoms with Crippen molar-refractivity contribution in [2.75, 3.05) is 20.2 Å². The summed E-state index contributed by atoms with van der Waals surface area (Å²) in [6.07, 6.45) is -0.145. The molecule has 0 spiro atoms. The molecule has 0 saturated heterocycles. The van der Waals surface area contributed by atoms with Gasteiger partial charge in [0.15, 0.2) is 17.3 Å². The first kappa shape index (κ1) is 21.8. The highest BCUT2D eigenvalue weighted by Gasteiger charge is 2.26. The average molecular weight is 404 g/mol. The van der Waals surface area contributed by atoms with Gasteiger partial charge in [0.2, 0.25) is 23.0 Å². The quantitative estimate of drug-likeness (QED) is 0.484. The molecule has 1 aromatic carbocycles. The van der Waals surface area contributed by atoms with Gasteiger partial charge in [-0.25, -0.2) is 0 Å². The van der Waals surface area contributed by atoms with Crippen LogP contribution < -0.4 is 20.8 Å². The number of aryl methyl sites for hydroxylation is 1. The van der Waals surface area contributed by atoms with Gasteiger partial charge in [-0.2, -0.15) is 0 Å². The van der Waals surface area contributed by atoms with Gasteiger partial charge in [0.05, 0.1) is 13.0 Å². The fourth-order valence-corrected chi connectivity index (χ4v) is 2.83. The van der Waals surface area contributed by atoms with E-state index >= 15 is 0 Å². The Labute approximate surface area is 167 Å². The van der Waals surface area contributed by atoms with Gasteiger partial charge in [-0.15, -0.1) is 0 Å². The van der Waals surface area contributed by atoms with Crippen LogP contribution in [0.5, 0.6) is 17.2 Å². The van der Waals surface area contributed by atoms with E-state index in [1.165, 1.54) is 26.2 Å². The first-order chi connectivity index (χ1) is 13.7. The van der Waals surface area contributed by atoms with Crippen LogP contribution in [0.3, 0.4) is 0 Å². The second-order valence-corrected chi connectivity index (χ2v) is 6.46. The second kappa shape index (κ2) is 9.63. The van der Waals surface area contributed by atoms with Gasteiger partial charge >= 0.3 is 0 Å². The van der Waals surface area contributed by atoms with E-state index in [1.54, 1.807) is 13.0 Å². The van der Waals surface area contributed by atoms with Crippen molar-refractivity contribution < 1.29 is 29.0 Å². The number of hydrogen-bond acceptors (Lipinski definition) is 7. The minimum Gasteiger partial charge on any atom is -0.504 e. The summed E-state index contributed by atoms with van der Waals surface area (Å²) in [7, 11) is 1.38. The lowest BCUT2D eigenvalue weighted by Gasteiger charge is -2.19. The summed E-state index contributed by atoms with van der Waals surface area (Å²) in [4.78, 5) is 35.4. The molecular formula is C20H24N2O7. The van der Waals surface area contributed by atoms with E-state index < -0.39 is 17.1 Å². The molecule has 9 nitrogen and oxygen atoms in total. The molecule has 0 aliphatic rings. The number of aromatic hydroxyl groups is 2. The van der Waals surface area contributed by atoms with Crippen molar-refractivity contribution in [3.05, 3.63) is 51.6 Å². The molecule has 0 radical (unpaired) electrons. The summed E-state index contributed by atoms with van der Waals surface area (Å²) >= 11 is 0. The first-order valence-electron chi connectivity index (χ1n) is 8.94. The van der Waals surface area contributed by atoms with E-state index in [1.807, 2.05) is 0 Å². The molecule has 0 bridgehead atoms. The molecule has 0 aliphatic heterocycles. The van der Waals surface area contributed by atoms with Crippen LogP contribution in [-0.4, -0.2) is 42.2 Å². The molecule has 0 fully saturated rings. The number of methoxy groups -OCH3 is 1. The highest BCUT2D eigenvalue weighted by Crippen LogP contribution is 2.37. The Kier molecular flexibility index (Phi) is 7.24. The lowest BCUT2D eigenvalue weighted by atomic mass is 9.91. The third-order valence-electron chi connectivity index (χ3n) is 4.21. The third kappa shape index (κ3) is 5.74. The molecule has 29 heavy (non-hydrogen) atoms. The SMILES string of the molecule is COc1cc([C@@H](CC(=O)NCCNC(C)=O)c2oc(C)cc(=O)c2O)ccc1O. The molecule has 2 amide bonds. The zero-order valence-corrected chi connectivity index (χ0v) is 16.4. The number of rotatable bonds is 8. The van der Waals surface area contributed by atoms with Gasteiger partial charge < -0.3 is 30.0 Å². The number of phenolic OH excluding ortho intramolecular Hbond substituents is 1. The Morgan fingerprint density at radius 2 is 1.86 bits per heavy atom.